The molecule has 0 spiro atoms. The van der Waals surface area contributed by atoms with E-state index < -0.39 is 10.0 Å². The van der Waals surface area contributed by atoms with Crippen molar-refractivity contribution in [2.45, 2.75) is 31.7 Å². The fourth-order valence-electron chi connectivity index (χ4n) is 2.11. The summed E-state index contributed by atoms with van der Waals surface area (Å²) in [5.41, 5.74) is 2.87. The number of pyridine rings is 1. The molecule has 0 atom stereocenters. The second-order valence-corrected chi connectivity index (χ2v) is 6.95. The van der Waals surface area contributed by atoms with Crippen molar-refractivity contribution < 1.29 is 8.42 Å². The van der Waals surface area contributed by atoms with Gasteiger partial charge in [0.05, 0.1) is 0 Å². The number of imidazole rings is 1. The number of fused-ring (bicyclic) bond motifs is 1. The molecule has 4 N–H and O–H groups in total. The van der Waals surface area contributed by atoms with Crippen molar-refractivity contribution in [3.05, 3.63) is 24.4 Å². The molecule has 0 unspecified atom stereocenters. The molecule has 21 heavy (non-hydrogen) atoms. The summed E-state index contributed by atoms with van der Waals surface area (Å²) < 4.78 is 29.0. The zero-order valence-corrected chi connectivity index (χ0v) is 13.0. The molecule has 0 bridgehead atoms. The molecule has 0 saturated carbocycles. The number of rotatable bonds is 7. The topological polar surface area (TPSA) is 102 Å². The molecule has 8 heteroatoms. The van der Waals surface area contributed by atoms with Crippen molar-refractivity contribution in [1.29, 1.82) is 0 Å². The summed E-state index contributed by atoms with van der Waals surface area (Å²) in [6.45, 7) is 4.61. The molecule has 7 nitrogen and oxygen atoms in total. The summed E-state index contributed by atoms with van der Waals surface area (Å²) in [5.74, 6) is 6.07. The number of nitrogens with zero attached hydrogens (tertiary/aromatic N) is 2. The Balaban J connectivity index is 2.27. The molecule has 2 rings (SSSR count). The van der Waals surface area contributed by atoms with Crippen molar-refractivity contribution in [3.8, 4) is 0 Å². The van der Waals surface area contributed by atoms with Crippen LogP contribution in [0, 0.1) is 5.92 Å². The SMILES string of the molecule is CC(C)CCCNS(=O)(=O)c1c(NN)nc2ccccn12. The number of nitrogen functional groups attached to an aromatic ring is 1. The van der Waals surface area contributed by atoms with E-state index in [4.69, 9.17) is 5.84 Å². The van der Waals surface area contributed by atoms with Gasteiger partial charge in [-0.15, -0.1) is 0 Å². The van der Waals surface area contributed by atoms with Crippen LogP contribution in [0.2, 0.25) is 0 Å². The lowest BCUT2D eigenvalue weighted by atomic mass is 10.1. The third-order valence-corrected chi connectivity index (χ3v) is 4.61. The second-order valence-electron chi connectivity index (χ2n) is 5.27. The Labute approximate surface area is 124 Å². The lowest BCUT2D eigenvalue weighted by Crippen LogP contribution is -2.27. The van der Waals surface area contributed by atoms with E-state index >= 15 is 0 Å². The van der Waals surface area contributed by atoms with Gasteiger partial charge in [0.25, 0.3) is 10.0 Å². The predicted molar refractivity (Wildman–Crippen MR) is 82.3 cm³/mol. The number of hydrazine groups is 1. The van der Waals surface area contributed by atoms with Gasteiger partial charge in [-0.2, -0.15) is 0 Å². The van der Waals surface area contributed by atoms with E-state index in [0.717, 1.165) is 12.8 Å². The van der Waals surface area contributed by atoms with Crippen molar-refractivity contribution in [3.63, 3.8) is 0 Å². The van der Waals surface area contributed by atoms with Crippen LogP contribution < -0.4 is 16.0 Å². The van der Waals surface area contributed by atoms with Gasteiger partial charge >= 0.3 is 0 Å². The Morgan fingerprint density at radius 1 is 1.38 bits per heavy atom. The number of hydrogen-bond acceptors (Lipinski definition) is 5. The van der Waals surface area contributed by atoms with Crippen LogP contribution >= 0.6 is 0 Å². The molecule has 2 aromatic heterocycles. The van der Waals surface area contributed by atoms with Crippen LogP contribution in [-0.4, -0.2) is 24.3 Å². The average Bonchev–Trinajstić information content (AvgIpc) is 2.82. The first-order valence-electron chi connectivity index (χ1n) is 6.89. The standard InChI is InChI=1S/C13H21N5O2S/c1-10(2)6-5-8-15-21(19,20)13-12(17-14)16-11-7-3-4-9-18(11)13/h3-4,7,9-10,15,17H,5-6,8,14H2,1-2H3. The maximum atomic E-state index is 12.5. The first-order chi connectivity index (χ1) is 9.95. The van der Waals surface area contributed by atoms with Gasteiger partial charge in [0, 0.05) is 12.7 Å². The summed E-state index contributed by atoms with van der Waals surface area (Å²) in [4.78, 5) is 4.16. The maximum Gasteiger partial charge on any atom is 0.260 e. The Kier molecular flexibility index (Phi) is 4.81. The maximum absolute atomic E-state index is 12.5. The fourth-order valence-corrected chi connectivity index (χ4v) is 3.43. The van der Waals surface area contributed by atoms with Crippen molar-refractivity contribution in [2.75, 3.05) is 12.0 Å². The number of nitrogens with two attached hydrogens (primary N) is 1. The normalized spacial score (nSPS) is 12.2. The lowest BCUT2D eigenvalue weighted by molar-refractivity contribution is 0.538. The van der Waals surface area contributed by atoms with Gasteiger partial charge in [-0.3, -0.25) is 4.40 Å². The van der Waals surface area contributed by atoms with E-state index in [-0.39, 0.29) is 10.8 Å². The van der Waals surface area contributed by atoms with Crippen LogP contribution in [0.5, 0.6) is 0 Å². The third-order valence-electron chi connectivity index (χ3n) is 3.13. The Morgan fingerprint density at radius 2 is 2.14 bits per heavy atom. The van der Waals surface area contributed by atoms with Gasteiger partial charge in [0.15, 0.2) is 10.8 Å². The lowest BCUT2D eigenvalue weighted by Gasteiger charge is -2.09. The van der Waals surface area contributed by atoms with Crippen LogP contribution in [0.25, 0.3) is 5.65 Å². The van der Waals surface area contributed by atoms with Gasteiger partial charge in [0.1, 0.15) is 5.65 Å². The molecule has 0 aliphatic rings. The molecular weight excluding hydrogens is 290 g/mol. The van der Waals surface area contributed by atoms with E-state index in [9.17, 15) is 8.42 Å². The quantitative estimate of drug-likeness (QED) is 0.407. The monoisotopic (exact) mass is 311 g/mol. The average molecular weight is 311 g/mol. The number of hydrogen-bond donors (Lipinski definition) is 3. The minimum atomic E-state index is -3.68. The first-order valence-corrected chi connectivity index (χ1v) is 8.37. The fraction of sp³-hybridized carbons (Fsp3) is 0.462. The van der Waals surface area contributed by atoms with E-state index in [2.05, 4.69) is 29.0 Å². The van der Waals surface area contributed by atoms with Crippen LogP contribution in [0.15, 0.2) is 29.4 Å². The smallest absolute Gasteiger partial charge is 0.260 e. The summed E-state index contributed by atoms with van der Waals surface area (Å²) >= 11 is 0. The predicted octanol–water partition coefficient (Wildman–Crippen LogP) is 1.33. The van der Waals surface area contributed by atoms with Crippen LogP contribution in [0.3, 0.4) is 0 Å². The van der Waals surface area contributed by atoms with E-state index in [0.29, 0.717) is 18.1 Å². The number of anilines is 1. The molecule has 0 aromatic carbocycles. The molecule has 116 valence electrons. The highest BCUT2D eigenvalue weighted by molar-refractivity contribution is 7.89. The first kappa shape index (κ1) is 15.7. The molecule has 0 fully saturated rings. The van der Waals surface area contributed by atoms with Gasteiger partial charge in [-0.1, -0.05) is 19.9 Å². The second kappa shape index (κ2) is 6.42. The van der Waals surface area contributed by atoms with Gasteiger partial charge in [-0.25, -0.2) is 24.0 Å². The van der Waals surface area contributed by atoms with E-state index in [1.807, 2.05) is 0 Å². The molecule has 0 aliphatic carbocycles. The molecule has 0 saturated heterocycles. The largest absolute Gasteiger partial charge is 0.306 e. The summed E-state index contributed by atoms with van der Waals surface area (Å²) in [5, 5.41) is 0.0325. The zero-order valence-electron chi connectivity index (χ0n) is 12.2. The number of aromatic nitrogens is 2. The summed E-state index contributed by atoms with van der Waals surface area (Å²) in [6.07, 6.45) is 3.41. The Bertz CT molecular complexity index is 708. The van der Waals surface area contributed by atoms with Crippen molar-refractivity contribution in [2.24, 2.45) is 11.8 Å². The van der Waals surface area contributed by atoms with Gasteiger partial charge in [-0.05, 0) is 30.9 Å². The highest BCUT2D eigenvalue weighted by Crippen LogP contribution is 2.21. The van der Waals surface area contributed by atoms with Crippen LogP contribution in [-0.2, 0) is 10.0 Å². The highest BCUT2D eigenvalue weighted by Gasteiger charge is 2.24. The van der Waals surface area contributed by atoms with Crippen molar-refractivity contribution >= 4 is 21.5 Å². The number of nitrogens with one attached hydrogen (secondary N) is 2. The minimum absolute atomic E-state index is 0.0325. The minimum Gasteiger partial charge on any atom is -0.306 e. The Morgan fingerprint density at radius 3 is 2.81 bits per heavy atom. The van der Waals surface area contributed by atoms with Crippen molar-refractivity contribution in [1.82, 2.24) is 14.1 Å². The zero-order chi connectivity index (χ0) is 15.5. The van der Waals surface area contributed by atoms with Crippen LogP contribution in [0.4, 0.5) is 5.82 Å². The molecule has 0 amide bonds. The number of sulfonamides is 1. The van der Waals surface area contributed by atoms with E-state index in [1.54, 1.807) is 24.4 Å². The highest BCUT2D eigenvalue weighted by atomic mass is 32.2. The molecule has 0 aliphatic heterocycles. The van der Waals surface area contributed by atoms with Gasteiger partial charge < -0.3 is 5.43 Å². The molecule has 2 heterocycles. The summed E-state index contributed by atoms with van der Waals surface area (Å²) in [6, 6.07) is 5.25. The van der Waals surface area contributed by atoms with Gasteiger partial charge in [0.2, 0.25) is 0 Å². The molecular formula is C13H21N5O2S. The van der Waals surface area contributed by atoms with E-state index in [1.165, 1.54) is 4.40 Å². The Hall–Kier alpha value is -1.64. The third kappa shape index (κ3) is 3.52. The molecule has 2 aromatic rings. The van der Waals surface area contributed by atoms with Crippen LogP contribution in [0.1, 0.15) is 26.7 Å². The molecule has 0 radical (unpaired) electrons. The summed E-state index contributed by atoms with van der Waals surface area (Å²) in [7, 11) is -3.68.